The predicted octanol–water partition coefficient (Wildman–Crippen LogP) is 8.12. The Kier molecular flexibility index (Phi) is 13.1. The Morgan fingerprint density at radius 2 is 1.15 bits per heavy atom. The first kappa shape index (κ1) is 27.1. The van der Waals surface area contributed by atoms with Gasteiger partial charge in [-0.25, -0.2) is 4.79 Å². The lowest BCUT2D eigenvalue weighted by molar-refractivity contribution is -0.139. The molecule has 2 aromatic carbocycles. The van der Waals surface area contributed by atoms with Gasteiger partial charge in [0.15, 0.2) is 0 Å². The van der Waals surface area contributed by atoms with E-state index in [9.17, 15) is 4.79 Å². The highest BCUT2D eigenvalue weighted by molar-refractivity contribution is 5.86. The average molecular weight is 467 g/mol. The van der Waals surface area contributed by atoms with Crippen molar-refractivity contribution in [1.29, 1.82) is 0 Å². The van der Waals surface area contributed by atoms with Crippen LogP contribution < -0.4 is 9.47 Å². The number of carbonyl (C=O) groups excluding carboxylic acids is 1. The zero-order chi connectivity index (χ0) is 24.4. The number of hydrogen-bond acceptors (Lipinski definition) is 6. The number of nitrogens with zero attached hydrogens (tertiary/aromatic N) is 2. The van der Waals surface area contributed by atoms with Crippen LogP contribution in [-0.2, 0) is 9.53 Å². The maximum atomic E-state index is 11.3. The first-order valence-electron chi connectivity index (χ1n) is 12.2. The maximum Gasteiger partial charge on any atom is 0.333 e. The van der Waals surface area contributed by atoms with E-state index < -0.39 is 0 Å². The Bertz CT molecular complexity index is 876. The molecular formula is C28H38N2O4. The molecule has 0 aromatic heterocycles. The monoisotopic (exact) mass is 466 g/mol. The third kappa shape index (κ3) is 11.6. The van der Waals surface area contributed by atoms with Crippen LogP contribution in [0.1, 0.15) is 64.7 Å². The van der Waals surface area contributed by atoms with Gasteiger partial charge in [-0.1, -0.05) is 51.5 Å². The van der Waals surface area contributed by atoms with Crippen molar-refractivity contribution in [3.05, 3.63) is 60.7 Å². The SMILES string of the molecule is C=C(C)C(=O)OCCCCCCCCCCCOc1ccc(N=Nc2ccc(OC)cc2)cc1. The van der Waals surface area contributed by atoms with E-state index in [4.69, 9.17) is 14.2 Å². The van der Waals surface area contributed by atoms with Gasteiger partial charge in [0.05, 0.1) is 31.7 Å². The number of benzene rings is 2. The second kappa shape index (κ2) is 16.5. The molecule has 34 heavy (non-hydrogen) atoms. The van der Waals surface area contributed by atoms with Crippen LogP contribution in [0, 0.1) is 0 Å². The molecule has 0 saturated carbocycles. The highest BCUT2D eigenvalue weighted by Gasteiger charge is 2.02. The second-order valence-corrected chi connectivity index (χ2v) is 8.34. The first-order valence-corrected chi connectivity index (χ1v) is 12.2. The molecule has 0 fully saturated rings. The average Bonchev–Trinajstić information content (AvgIpc) is 2.86. The molecule has 184 valence electrons. The van der Waals surface area contributed by atoms with E-state index in [1.54, 1.807) is 14.0 Å². The van der Waals surface area contributed by atoms with Crippen molar-refractivity contribution in [1.82, 2.24) is 0 Å². The molecule has 2 aromatic rings. The highest BCUT2D eigenvalue weighted by atomic mass is 16.5. The van der Waals surface area contributed by atoms with E-state index in [2.05, 4.69) is 16.8 Å². The van der Waals surface area contributed by atoms with Gasteiger partial charge < -0.3 is 14.2 Å². The summed E-state index contributed by atoms with van der Waals surface area (Å²) in [5, 5.41) is 8.49. The van der Waals surface area contributed by atoms with Crippen molar-refractivity contribution in [3.8, 4) is 11.5 Å². The molecule has 0 saturated heterocycles. The number of unbranched alkanes of at least 4 members (excludes halogenated alkanes) is 8. The Morgan fingerprint density at radius 3 is 1.62 bits per heavy atom. The fourth-order valence-corrected chi connectivity index (χ4v) is 3.29. The molecule has 2 rings (SSSR count). The lowest BCUT2D eigenvalue weighted by Gasteiger charge is -2.06. The fraction of sp³-hybridized carbons (Fsp3) is 0.464. The van der Waals surface area contributed by atoms with E-state index in [-0.39, 0.29) is 5.97 Å². The van der Waals surface area contributed by atoms with Crippen LogP contribution in [0.3, 0.4) is 0 Å². The quantitative estimate of drug-likeness (QED) is 0.102. The van der Waals surface area contributed by atoms with Crippen molar-refractivity contribution in [2.24, 2.45) is 10.2 Å². The molecule has 0 bridgehead atoms. The summed E-state index contributed by atoms with van der Waals surface area (Å²) in [6.07, 6.45) is 10.5. The third-order valence-corrected chi connectivity index (χ3v) is 5.33. The second-order valence-electron chi connectivity index (χ2n) is 8.34. The minimum Gasteiger partial charge on any atom is -0.497 e. The molecule has 0 unspecified atom stereocenters. The van der Waals surface area contributed by atoms with Gasteiger partial charge in [0.2, 0.25) is 0 Å². The number of methoxy groups -OCH3 is 1. The molecule has 0 spiro atoms. The number of esters is 1. The predicted molar refractivity (Wildman–Crippen MR) is 136 cm³/mol. The number of azo groups is 1. The Balaban J connectivity index is 1.46. The molecule has 0 N–H and O–H groups in total. The highest BCUT2D eigenvalue weighted by Crippen LogP contribution is 2.23. The lowest BCUT2D eigenvalue weighted by Crippen LogP contribution is -2.05. The molecule has 0 atom stereocenters. The van der Waals surface area contributed by atoms with Gasteiger partial charge in [-0.05, 0) is 68.3 Å². The van der Waals surface area contributed by atoms with Gasteiger partial charge in [0, 0.05) is 5.57 Å². The zero-order valence-electron chi connectivity index (χ0n) is 20.6. The minimum absolute atomic E-state index is 0.284. The number of hydrogen-bond donors (Lipinski definition) is 0. The minimum atomic E-state index is -0.284. The van der Waals surface area contributed by atoms with Gasteiger partial charge in [-0.15, -0.1) is 0 Å². The van der Waals surface area contributed by atoms with E-state index in [0.29, 0.717) is 12.2 Å². The lowest BCUT2D eigenvalue weighted by atomic mass is 10.1. The number of rotatable bonds is 17. The van der Waals surface area contributed by atoms with E-state index in [1.165, 1.54) is 38.5 Å². The van der Waals surface area contributed by atoms with Gasteiger partial charge in [0.25, 0.3) is 0 Å². The van der Waals surface area contributed by atoms with E-state index in [0.717, 1.165) is 48.7 Å². The summed E-state index contributed by atoms with van der Waals surface area (Å²) in [5.41, 5.74) is 2.03. The van der Waals surface area contributed by atoms with Crippen LogP contribution >= 0.6 is 0 Å². The summed E-state index contributed by atoms with van der Waals surface area (Å²) in [5.74, 6) is 1.37. The topological polar surface area (TPSA) is 69.5 Å². The molecule has 6 nitrogen and oxygen atoms in total. The summed E-state index contributed by atoms with van der Waals surface area (Å²) >= 11 is 0. The first-order chi connectivity index (χ1) is 16.6. The van der Waals surface area contributed by atoms with Crippen LogP contribution in [0.5, 0.6) is 11.5 Å². The maximum absolute atomic E-state index is 11.3. The summed E-state index contributed by atoms with van der Waals surface area (Å²) in [7, 11) is 1.64. The van der Waals surface area contributed by atoms with Crippen LogP contribution in [0.25, 0.3) is 0 Å². The largest absolute Gasteiger partial charge is 0.497 e. The van der Waals surface area contributed by atoms with Gasteiger partial charge in [-0.2, -0.15) is 10.2 Å². The molecule has 0 radical (unpaired) electrons. The van der Waals surface area contributed by atoms with Gasteiger partial charge in [0.1, 0.15) is 11.5 Å². The van der Waals surface area contributed by atoms with Crippen LogP contribution in [-0.4, -0.2) is 26.3 Å². The van der Waals surface area contributed by atoms with Crippen molar-refractivity contribution < 1.29 is 19.0 Å². The summed E-state index contributed by atoms with van der Waals surface area (Å²) in [6, 6.07) is 15.1. The molecule has 0 heterocycles. The molecule has 0 aliphatic rings. The van der Waals surface area contributed by atoms with Crippen LogP contribution in [0.2, 0.25) is 0 Å². The molecule has 6 heteroatoms. The number of carbonyl (C=O) groups is 1. The third-order valence-electron chi connectivity index (χ3n) is 5.33. The molecule has 0 aliphatic carbocycles. The van der Waals surface area contributed by atoms with Crippen LogP contribution in [0.4, 0.5) is 11.4 Å². The van der Waals surface area contributed by atoms with E-state index >= 15 is 0 Å². The molecule has 0 amide bonds. The summed E-state index contributed by atoms with van der Waals surface area (Å²) in [4.78, 5) is 11.3. The van der Waals surface area contributed by atoms with Crippen molar-refractivity contribution >= 4 is 17.3 Å². The molecular weight excluding hydrogens is 428 g/mol. The smallest absolute Gasteiger partial charge is 0.333 e. The zero-order valence-corrected chi connectivity index (χ0v) is 20.6. The Labute approximate surface area is 204 Å². The van der Waals surface area contributed by atoms with Gasteiger partial charge in [-0.3, -0.25) is 0 Å². The fourth-order valence-electron chi connectivity index (χ4n) is 3.29. The Morgan fingerprint density at radius 1 is 0.706 bits per heavy atom. The number of ether oxygens (including phenoxy) is 3. The van der Waals surface area contributed by atoms with Crippen molar-refractivity contribution in [2.75, 3.05) is 20.3 Å². The van der Waals surface area contributed by atoms with Crippen molar-refractivity contribution in [2.45, 2.75) is 64.7 Å². The summed E-state index contributed by atoms with van der Waals surface area (Å²) in [6.45, 7) is 6.48. The Hall–Kier alpha value is -3.15. The van der Waals surface area contributed by atoms with Crippen LogP contribution in [0.15, 0.2) is 70.9 Å². The normalized spacial score (nSPS) is 10.9. The van der Waals surface area contributed by atoms with E-state index in [1.807, 2.05) is 48.5 Å². The summed E-state index contributed by atoms with van der Waals surface area (Å²) < 4.78 is 16.1. The van der Waals surface area contributed by atoms with Crippen molar-refractivity contribution in [3.63, 3.8) is 0 Å². The molecule has 0 aliphatic heterocycles. The standard InChI is InChI=1S/C28H38N2O4/c1-23(2)28(31)34-22-12-10-8-6-4-5-7-9-11-21-33-27-19-15-25(16-20-27)30-29-24-13-17-26(32-3)18-14-24/h13-20H,1,4-12,21-22H2,2-3H3. The van der Waals surface area contributed by atoms with Gasteiger partial charge >= 0.3 is 5.97 Å².